The molecule has 0 aliphatic heterocycles. The summed E-state index contributed by atoms with van der Waals surface area (Å²) < 4.78 is 14.7. The van der Waals surface area contributed by atoms with Crippen LogP contribution in [0.1, 0.15) is 10.7 Å². The van der Waals surface area contributed by atoms with E-state index in [1.54, 1.807) is 23.5 Å². The van der Waals surface area contributed by atoms with Crippen molar-refractivity contribution in [2.75, 3.05) is 0 Å². The smallest absolute Gasteiger partial charge is 0.123 e. The van der Waals surface area contributed by atoms with Crippen molar-refractivity contribution in [3.05, 3.63) is 58.4 Å². The summed E-state index contributed by atoms with van der Waals surface area (Å²) in [5, 5.41) is 7.57. The number of benzene rings is 1. The van der Waals surface area contributed by atoms with Crippen molar-refractivity contribution in [2.45, 2.75) is 13.5 Å². The fourth-order valence-corrected chi connectivity index (χ4v) is 2.47. The fraction of sp³-hybridized carbons (Fsp3) is 0.143. The van der Waals surface area contributed by atoms with Crippen molar-refractivity contribution in [3.63, 3.8) is 0 Å². The van der Waals surface area contributed by atoms with Gasteiger partial charge in [-0.25, -0.2) is 9.37 Å². The van der Waals surface area contributed by atoms with E-state index >= 15 is 0 Å². The second-order valence-corrected chi connectivity index (χ2v) is 5.33. The predicted octanol–water partition coefficient (Wildman–Crippen LogP) is 3.50. The first-order valence-corrected chi connectivity index (χ1v) is 6.79. The van der Waals surface area contributed by atoms with Crippen LogP contribution in [0.25, 0.3) is 11.3 Å². The second kappa shape index (κ2) is 4.93. The molecule has 2 aromatic heterocycles. The van der Waals surface area contributed by atoms with Gasteiger partial charge in [0.15, 0.2) is 0 Å². The van der Waals surface area contributed by atoms with E-state index in [0.29, 0.717) is 6.54 Å². The van der Waals surface area contributed by atoms with Crippen LogP contribution in [0, 0.1) is 12.7 Å². The molecule has 5 heteroatoms. The highest BCUT2D eigenvalue weighted by Crippen LogP contribution is 2.17. The van der Waals surface area contributed by atoms with Gasteiger partial charge in [-0.05, 0) is 37.3 Å². The molecule has 0 spiro atoms. The fourth-order valence-electron chi connectivity index (χ4n) is 1.87. The maximum Gasteiger partial charge on any atom is 0.123 e. The van der Waals surface area contributed by atoms with Crippen molar-refractivity contribution in [3.8, 4) is 11.3 Å². The molecule has 3 aromatic rings. The molecule has 1 aromatic carbocycles. The van der Waals surface area contributed by atoms with Crippen LogP contribution in [0.5, 0.6) is 0 Å². The van der Waals surface area contributed by atoms with Gasteiger partial charge in [-0.3, -0.25) is 4.68 Å². The molecule has 2 heterocycles. The van der Waals surface area contributed by atoms with Crippen molar-refractivity contribution in [2.24, 2.45) is 0 Å². The molecule has 96 valence electrons. The van der Waals surface area contributed by atoms with E-state index in [1.165, 1.54) is 12.1 Å². The average Bonchev–Trinajstić information content (AvgIpc) is 3.00. The average molecular weight is 273 g/mol. The summed E-state index contributed by atoms with van der Waals surface area (Å²) in [6.45, 7) is 2.65. The Morgan fingerprint density at radius 1 is 1.21 bits per heavy atom. The van der Waals surface area contributed by atoms with Gasteiger partial charge in [-0.2, -0.15) is 5.10 Å². The number of thiazole rings is 1. The summed E-state index contributed by atoms with van der Waals surface area (Å²) in [5.41, 5.74) is 2.76. The third-order valence-electron chi connectivity index (χ3n) is 2.77. The molecule has 0 aliphatic carbocycles. The Hall–Kier alpha value is -2.01. The van der Waals surface area contributed by atoms with Crippen molar-refractivity contribution < 1.29 is 4.39 Å². The lowest BCUT2D eigenvalue weighted by molar-refractivity contribution is 0.628. The van der Waals surface area contributed by atoms with Gasteiger partial charge in [0.25, 0.3) is 0 Å². The normalized spacial score (nSPS) is 10.8. The number of aromatic nitrogens is 3. The van der Waals surface area contributed by atoms with Crippen LogP contribution in [0.4, 0.5) is 4.39 Å². The first kappa shape index (κ1) is 12.0. The molecule has 0 saturated heterocycles. The summed E-state index contributed by atoms with van der Waals surface area (Å²) in [7, 11) is 0. The van der Waals surface area contributed by atoms with Crippen LogP contribution in [0.15, 0.2) is 41.9 Å². The van der Waals surface area contributed by atoms with Gasteiger partial charge in [0, 0.05) is 17.1 Å². The minimum atomic E-state index is -0.235. The maximum absolute atomic E-state index is 12.9. The van der Waals surface area contributed by atoms with Gasteiger partial charge in [0.05, 0.1) is 22.9 Å². The lowest BCUT2D eigenvalue weighted by Gasteiger charge is -1.98. The number of nitrogens with zero attached hydrogens (tertiary/aromatic N) is 3. The van der Waals surface area contributed by atoms with E-state index in [-0.39, 0.29) is 5.82 Å². The molecule has 0 N–H and O–H groups in total. The molecular formula is C14H12FN3S. The van der Waals surface area contributed by atoms with Crippen molar-refractivity contribution in [1.29, 1.82) is 0 Å². The molecule has 0 saturated carbocycles. The quantitative estimate of drug-likeness (QED) is 0.731. The van der Waals surface area contributed by atoms with Gasteiger partial charge in [0.2, 0.25) is 0 Å². The van der Waals surface area contributed by atoms with E-state index < -0.39 is 0 Å². The number of halogens is 1. The van der Waals surface area contributed by atoms with Crippen LogP contribution < -0.4 is 0 Å². The summed E-state index contributed by atoms with van der Waals surface area (Å²) in [5.74, 6) is -0.235. The van der Waals surface area contributed by atoms with Gasteiger partial charge >= 0.3 is 0 Å². The SMILES string of the molecule is Cc1nc(Cn2ccc(-c3ccc(F)cc3)n2)cs1. The van der Waals surface area contributed by atoms with E-state index in [4.69, 9.17) is 0 Å². The zero-order valence-electron chi connectivity index (χ0n) is 10.4. The van der Waals surface area contributed by atoms with E-state index in [2.05, 4.69) is 10.1 Å². The third-order valence-corrected chi connectivity index (χ3v) is 3.59. The van der Waals surface area contributed by atoms with Crippen LogP contribution >= 0.6 is 11.3 Å². The van der Waals surface area contributed by atoms with Gasteiger partial charge in [-0.1, -0.05) is 0 Å². The first-order chi connectivity index (χ1) is 9.20. The minimum absolute atomic E-state index is 0.235. The molecule has 0 radical (unpaired) electrons. The third kappa shape index (κ3) is 2.71. The highest BCUT2D eigenvalue weighted by Gasteiger charge is 2.04. The number of hydrogen-bond donors (Lipinski definition) is 0. The van der Waals surface area contributed by atoms with E-state index in [9.17, 15) is 4.39 Å². The molecule has 0 atom stereocenters. The molecule has 0 unspecified atom stereocenters. The van der Waals surface area contributed by atoms with Crippen molar-refractivity contribution >= 4 is 11.3 Å². The lowest BCUT2D eigenvalue weighted by atomic mass is 10.1. The van der Waals surface area contributed by atoms with Crippen LogP contribution in [-0.4, -0.2) is 14.8 Å². The number of hydrogen-bond acceptors (Lipinski definition) is 3. The standard InChI is InChI=1S/C14H12FN3S/c1-10-16-13(9-19-10)8-18-7-6-14(17-18)11-2-4-12(15)5-3-11/h2-7,9H,8H2,1H3. The summed E-state index contributed by atoms with van der Waals surface area (Å²) in [6, 6.07) is 8.27. The largest absolute Gasteiger partial charge is 0.266 e. The zero-order valence-corrected chi connectivity index (χ0v) is 11.2. The molecule has 0 fully saturated rings. The Bertz CT molecular complexity index is 685. The monoisotopic (exact) mass is 273 g/mol. The van der Waals surface area contributed by atoms with Gasteiger partial charge in [-0.15, -0.1) is 11.3 Å². The molecule has 0 amide bonds. The molecule has 0 bridgehead atoms. The highest BCUT2D eigenvalue weighted by atomic mass is 32.1. The predicted molar refractivity (Wildman–Crippen MR) is 73.6 cm³/mol. The van der Waals surface area contributed by atoms with Gasteiger partial charge < -0.3 is 0 Å². The summed E-state index contributed by atoms with van der Waals surface area (Å²) in [4.78, 5) is 4.41. The summed E-state index contributed by atoms with van der Waals surface area (Å²) >= 11 is 1.63. The molecule has 3 nitrogen and oxygen atoms in total. The topological polar surface area (TPSA) is 30.7 Å². The Labute approximate surface area is 114 Å². The Kier molecular flexibility index (Phi) is 3.13. The molecule has 3 rings (SSSR count). The van der Waals surface area contributed by atoms with Crippen LogP contribution in [0.2, 0.25) is 0 Å². The van der Waals surface area contributed by atoms with E-state index in [0.717, 1.165) is 22.0 Å². The number of aryl methyl sites for hydroxylation is 1. The van der Waals surface area contributed by atoms with Crippen LogP contribution in [0.3, 0.4) is 0 Å². The Balaban J connectivity index is 1.81. The first-order valence-electron chi connectivity index (χ1n) is 5.91. The molecule has 0 aliphatic rings. The van der Waals surface area contributed by atoms with Gasteiger partial charge in [0.1, 0.15) is 5.82 Å². The van der Waals surface area contributed by atoms with E-state index in [1.807, 2.05) is 29.2 Å². The summed E-state index contributed by atoms with van der Waals surface area (Å²) in [6.07, 6.45) is 1.91. The lowest BCUT2D eigenvalue weighted by Crippen LogP contribution is -2.00. The Morgan fingerprint density at radius 3 is 2.68 bits per heavy atom. The highest BCUT2D eigenvalue weighted by molar-refractivity contribution is 7.09. The van der Waals surface area contributed by atoms with Crippen molar-refractivity contribution in [1.82, 2.24) is 14.8 Å². The molecular weight excluding hydrogens is 261 g/mol. The zero-order chi connectivity index (χ0) is 13.2. The minimum Gasteiger partial charge on any atom is -0.266 e. The van der Waals surface area contributed by atoms with Crippen LogP contribution in [-0.2, 0) is 6.54 Å². The Morgan fingerprint density at radius 2 is 2.00 bits per heavy atom. The number of rotatable bonds is 3. The second-order valence-electron chi connectivity index (χ2n) is 4.26. The molecule has 19 heavy (non-hydrogen) atoms. The maximum atomic E-state index is 12.9.